The maximum Gasteiger partial charge on any atom is 0.242 e. The molecule has 1 rings (SSSR count). The van der Waals surface area contributed by atoms with Gasteiger partial charge in [0, 0.05) is 12.6 Å². The van der Waals surface area contributed by atoms with Crippen LogP contribution in [0.25, 0.3) is 0 Å². The maximum atomic E-state index is 12.2. The average Bonchev–Trinajstić information content (AvgIpc) is 2.67. The summed E-state index contributed by atoms with van der Waals surface area (Å²) in [7, 11) is -3.60. The topological polar surface area (TPSA) is 75.6 Å². The highest BCUT2D eigenvalue weighted by Crippen LogP contribution is 2.26. The zero-order valence-electron chi connectivity index (χ0n) is 10.8. The van der Waals surface area contributed by atoms with E-state index in [1.54, 1.807) is 19.2 Å². The van der Waals surface area contributed by atoms with Crippen molar-refractivity contribution in [1.29, 1.82) is 0 Å². The van der Waals surface area contributed by atoms with Gasteiger partial charge in [-0.15, -0.1) is 11.3 Å². The molecule has 1 aromatic heterocycles. The van der Waals surface area contributed by atoms with Crippen molar-refractivity contribution < 1.29 is 18.3 Å². The summed E-state index contributed by atoms with van der Waals surface area (Å²) in [6.07, 6.45) is 0. The maximum absolute atomic E-state index is 12.2. The van der Waals surface area contributed by atoms with Gasteiger partial charge >= 0.3 is 0 Å². The highest BCUT2D eigenvalue weighted by Gasteiger charge is 2.24. The molecule has 2 N–H and O–H groups in total. The first-order valence-electron chi connectivity index (χ1n) is 5.70. The zero-order chi connectivity index (χ0) is 13.8. The molecule has 0 spiro atoms. The minimum absolute atomic E-state index is 0.193. The summed E-state index contributed by atoms with van der Waals surface area (Å²) < 4.78 is 32.1. The molecule has 0 saturated heterocycles. The third-order valence-electron chi connectivity index (χ3n) is 2.33. The summed E-state index contributed by atoms with van der Waals surface area (Å²) in [6, 6.07) is -0.305. The van der Waals surface area contributed by atoms with Crippen LogP contribution >= 0.6 is 11.3 Å². The van der Waals surface area contributed by atoms with E-state index < -0.39 is 10.0 Å². The molecular weight excluding hydrogens is 274 g/mol. The van der Waals surface area contributed by atoms with E-state index in [2.05, 4.69) is 4.72 Å². The normalized spacial score (nSPS) is 13.8. The van der Waals surface area contributed by atoms with Crippen LogP contribution in [0, 0.1) is 6.92 Å². The van der Waals surface area contributed by atoms with Gasteiger partial charge in [-0.2, -0.15) is 0 Å². The van der Waals surface area contributed by atoms with Crippen LogP contribution in [-0.4, -0.2) is 32.8 Å². The van der Waals surface area contributed by atoms with Crippen molar-refractivity contribution in [2.75, 3.05) is 13.2 Å². The van der Waals surface area contributed by atoms with E-state index in [0.29, 0.717) is 23.7 Å². The first-order chi connectivity index (χ1) is 8.42. The van der Waals surface area contributed by atoms with Crippen molar-refractivity contribution in [3.05, 3.63) is 15.8 Å². The molecule has 0 aliphatic heterocycles. The van der Waals surface area contributed by atoms with Crippen molar-refractivity contribution in [3.8, 4) is 0 Å². The average molecular weight is 293 g/mol. The fourth-order valence-corrected chi connectivity index (χ4v) is 4.50. The van der Waals surface area contributed by atoms with E-state index >= 15 is 0 Å². The largest absolute Gasteiger partial charge is 0.391 e. The summed E-state index contributed by atoms with van der Waals surface area (Å²) in [5.41, 5.74) is 0.653. The SMILES string of the molecule is CCOCC(C)NS(=O)(=O)c1c(C)csc1CO. The van der Waals surface area contributed by atoms with Crippen molar-refractivity contribution in [2.24, 2.45) is 0 Å². The van der Waals surface area contributed by atoms with Gasteiger partial charge in [-0.3, -0.25) is 0 Å². The minimum atomic E-state index is -3.60. The first-order valence-corrected chi connectivity index (χ1v) is 8.06. The molecule has 0 bridgehead atoms. The Morgan fingerprint density at radius 2 is 2.22 bits per heavy atom. The molecule has 0 fully saturated rings. The molecule has 5 nitrogen and oxygen atoms in total. The van der Waals surface area contributed by atoms with Gasteiger partial charge in [-0.1, -0.05) is 0 Å². The predicted octanol–water partition coefficient (Wildman–Crippen LogP) is 1.25. The van der Waals surface area contributed by atoms with Crippen molar-refractivity contribution in [2.45, 2.75) is 38.3 Å². The molecule has 1 aromatic rings. The standard InChI is InChI=1S/C11H19NO4S2/c1-4-16-6-9(3)12-18(14,15)11-8(2)7-17-10(11)5-13/h7,9,12-13H,4-6H2,1-3H3. The van der Waals surface area contributed by atoms with Crippen LogP contribution in [0.15, 0.2) is 10.3 Å². The second kappa shape index (κ2) is 6.63. The highest BCUT2D eigenvalue weighted by molar-refractivity contribution is 7.89. The summed E-state index contributed by atoms with van der Waals surface area (Å²) in [6.45, 7) is 5.92. The Morgan fingerprint density at radius 3 is 2.78 bits per heavy atom. The summed E-state index contributed by atoms with van der Waals surface area (Å²) in [4.78, 5) is 0.655. The monoisotopic (exact) mass is 293 g/mol. The molecule has 0 aromatic carbocycles. The van der Waals surface area contributed by atoms with Gasteiger partial charge in [-0.25, -0.2) is 13.1 Å². The predicted molar refractivity (Wildman–Crippen MR) is 71.3 cm³/mol. The Balaban J connectivity index is 2.89. The lowest BCUT2D eigenvalue weighted by atomic mass is 10.3. The number of aryl methyl sites for hydroxylation is 1. The van der Waals surface area contributed by atoms with E-state index in [1.807, 2.05) is 6.92 Å². The lowest BCUT2D eigenvalue weighted by Crippen LogP contribution is -2.36. The lowest BCUT2D eigenvalue weighted by Gasteiger charge is -2.14. The quantitative estimate of drug-likeness (QED) is 0.793. The van der Waals surface area contributed by atoms with Crippen LogP contribution in [0.2, 0.25) is 0 Å². The highest BCUT2D eigenvalue weighted by atomic mass is 32.2. The summed E-state index contributed by atoms with van der Waals surface area (Å²) >= 11 is 1.25. The molecule has 0 amide bonds. The van der Waals surface area contributed by atoms with Crippen LogP contribution in [0.4, 0.5) is 0 Å². The van der Waals surface area contributed by atoms with Gasteiger partial charge < -0.3 is 9.84 Å². The van der Waals surface area contributed by atoms with Gasteiger partial charge in [0.1, 0.15) is 4.90 Å². The number of aliphatic hydroxyl groups is 1. The Kier molecular flexibility index (Phi) is 5.74. The van der Waals surface area contributed by atoms with E-state index in [0.717, 1.165) is 0 Å². The number of hydrogen-bond acceptors (Lipinski definition) is 5. The molecule has 104 valence electrons. The molecule has 18 heavy (non-hydrogen) atoms. The number of thiophene rings is 1. The number of rotatable bonds is 7. The first kappa shape index (κ1) is 15.6. The van der Waals surface area contributed by atoms with Gasteiger partial charge in [-0.05, 0) is 31.7 Å². The van der Waals surface area contributed by atoms with E-state index in [9.17, 15) is 8.42 Å². The van der Waals surface area contributed by atoms with Gasteiger partial charge in [0.05, 0.1) is 18.1 Å². The minimum Gasteiger partial charge on any atom is -0.391 e. The third-order valence-corrected chi connectivity index (χ3v) is 5.37. The van der Waals surface area contributed by atoms with Gasteiger partial charge in [0.25, 0.3) is 0 Å². The Hall–Kier alpha value is -0.470. The summed E-state index contributed by atoms with van der Waals surface area (Å²) in [5, 5.41) is 10.9. The number of aliphatic hydroxyl groups excluding tert-OH is 1. The molecule has 1 atom stereocenters. The summed E-state index contributed by atoms with van der Waals surface area (Å²) in [5.74, 6) is 0. The molecule has 1 heterocycles. The van der Waals surface area contributed by atoms with Crippen molar-refractivity contribution in [1.82, 2.24) is 4.72 Å². The van der Waals surface area contributed by atoms with Gasteiger partial charge in [0.2, 0.25) is 10.0 Å². The number of hydrogen-bond donors (Lipinski definition) is 2. The van der Waals surface area contributed by atoms with Crippen LogP contribution in [0.3, 0.4) is 0 Å². The van der Waals surface area contributed by atoms with Crippen molar-refractivity contribution >= 4 is 21.4 Å². The van der Waals surface area contributed by atoms with Crippen LogP contribution in [0.5, 0.6) is 0 Å². The van der Waals surface area contributed by atoms with E-state index in [-0.39, 0.29) is 17.5 Å². The number of sulfonamides is 1. The molecule has 0 radical (unpaired) electrons. The molecule has 0 aliphatic carbocycles. The van der Waals surface area contributed by atoms with Gasteiger partial charge in [0.15, 0.2) is 0 Å². The smallest absolute Gasteiger partial charge is 0.242 e. The Bertz CT molecular complexity index is 481. The molecule has 1 unspecified atom stereocenters. The fourth-order valence-electron chi connectivity index (χ4n) is 1.61. The van der Waals surface area contributed by atoms with Crippen LogP contribution in [0.1, 0.15) is 24.3 Å². The lowest BCUT2D eigenvalue weighted by molar-refractivity contribution is 0.133. The molecular formula is C11H19NO4S2. The van der Waals surface area contributed by atoms with Crippen LogP contribution < -0.4 is 4.72 Å². The molecule has 0 saturated carbocycles. The third kappa shape index (κ3) is 3.76. The zero-order valence-corrected chi connectivity index (χ0v) is 12.4. The van der Waals surface area contributed by atoms with E-state index in [1.165, 1.54) is 11.3 Å². The second-order valence-corrected chi connectivity index (χ2v) is 6.63. The van der Waals surface area contributed by atoms with E-state index in [4.69, 9.17) is 9.84 Å². The Morgan fingerprint density at radius 1 is 1.56 bits per heavy atom. The molecule has 0 aliphatic rings. The Labute approximate surface area is 112 Å². The fraction of sp³-hybridized carbons (Fsp3) is 0.636. The van der Waals surface area contributed by atoms with Crippen LogP contribution in [-0.2, 0) is 21.4 Å². The van der Waals surface area contributed by atoms with Crippen molar-refractivity contribution in [3.63, 3.8) is 0 Å². The second-order valence-electron chi connectivity index (χ2n) is 4.01. The number of nitrogens with one attached hydrogen (secondary N) is 1. The number of ether oxygens (including phenoxy) is 1. The molecule has 7 heteroatoms.